The van der Waals surface area contributed by atoms with Crippen LogP contribution in [0.5, 0.6) is 0 Å². The van der Waals surface area contributed by atoms with Gasteiger partial charge >= 0.3 is 0 Å². The Balaban J connectivity index is 2.55. The van der Waals surface area contributed by atoms with Crippen LogP contribution in [0.4, 0.5) is 0 Å². The van der Waals surface area contributed by atoms with E-state index in [2.05, 4.69) is 0 Å². The molecule has 0 aliphatic rings. The van der Waals surface area contributed by atoms with E-state index in [0.717, 1.165) is 33.4 Å². The van der Waals surface area contributed by atoms with Crippen LogP contribution in [0.1, 0.15) is 33.4 Å². The third-order valence-corrected chi connectivity index (χ3v) is 4.97. The fraction of sp³-hybridized carbons (Fsp3) is 0.304. The smallest absolute Gasteiger partial charge is 0.130 e. The zero-order chi connectivity index (χ0) is 20.2. The van der Waals surface area contributed by atoms with E-state index in [4.69, 9.17) is 0 Å². The second-order valence-corrected chi connectivity index (χ2v) is 7.18. The maximum absolute atomic E-state index is 10.7. The fourth-order valence-electron chi connectivity index (χ4n) is 2.91. The molecule has 0 aromatic heterocycles. The van der Waals surface area contributed by atoms with Crippen LogP contribution in [0, 0.1) is 33.1 Å². The topological polar surface area (TPSA) is 80.9 Å². The fourth-order valence-corrected chi connectivity index (χ4v) is 2.91. The normalized spacial score (nSPS) is 13.1. The molecule has 0 atom stereocenters. The molecule has 0 heterocycles. The van der Waals surface area contributed by atoms with Crippen LogP contribution >= 0.6 is 0 Å². The van der Waals surface area contributed by atoms with Gasteiger partial charge in [-0.15, -0.1) is 0 Å². The predicted octanol–water partition coefficient (Wildman–Crippen LogP) is 4.39. The first-order valence-electron chi connectivity index (χ1n) is 8.92. The molecule has 4 N–H and O–H groups in total. The van der Waals surface area contributed by atoms with Crippen molar-refractivity contribution in [3.05, 3.63) is 81.3 Å². The highest BCUT2D eigenvalue weighted by Gasteiger charge is 2.38. The maximum Gasteiger partial charge on any atom is 0.130 e. The van der Waals surface area contributed by atoms with Crippen LogP contribution in [0.25, 0.3) is 12.2 Å². The van der Waals surface area contributed by atoms with Crippen molar-refractivity contribution in [3.63, 3.8) is 0 Å². The van der Waals surface area contributed by atoms with Gasteiger partial charge in [0, 0.05) is 0 Å². The zero-order valence-corrected chi connectivity index (χ0v) is 16.3. The standard InChI is InChI=1S/C23H28O4/c1-15-5-7-17(3)19(9-15)11-21(26)23(13-24,14-25)22(27)12-20-10-16(2)6-8-18(20)4/h5-12,24-27H,13-14H2,1-4H3. The number of hydrogen-bond donors (Lipinski definition) is 4. The average molecular weight is 368 g/mol. The minimum Gasteiger partial charge on any atom is -0.511 e. The molecular weight excluding hydrogens is 340 g/mol. The Morgan fingerprint density at radius 3 is 1.44 bits per heavy atom. The minimum atomic E-state index is -1.67. The molecule has 0 spiro atoms. The largest absolute Gasteiger partial charge is 0.511 e. The van der Waals surface area contributed by atoms with Gasteiger partial charge in [-0.1, -0.05) is 47.5 Å². The second kappa shape index (κ2) is 8.42. The van der Waals surface area contributed by atoms with Crippen LogP contribution in [-0.2, 0) is 0 Å². The summed E-state index contributed by atoms with van der Waals surface area (Å²) in [5.41, 5.74) is 3.77. The van der Waals surface area contributed by atoms with Crippen molar-refractivity contribution in [2.24, 2.45) is 5.41 Å². The molecule has 144 valence electrons. The maximum atomic E-state index is 10.7. The van der Waals surface area contributed by atoms with Gasteiger partial charge in [0.2, 0.25) is 0 Å². The number of aliphatic hydroxyl groups is 4. The summed E-state index contributed by atoms with van der Waals surface area (Å²) in [6.45, 7) is 6.43. The molecule has 4 heteroatoms. The first kappa shape index (κ1) is 20.7. The Morgan fingerprint density at radius 1 is 0.741 bits per heavy atom. The molecule has 2 rings (SSSR count). The van der Waals surface area contributed by atoms with Crippen LogP contribution in [0.3, 0.4) is 0 Å². The number of benzene rings is 2. The van der Waals surface area contributed by atoms with Gasteiger partial charge in [0.15, 0.2) is 0 Å². The molecule has 27 heavy (non-hydrogen) atoms. The summed E-state index contributed by atoms with van der Waals surface area (Å²) in [5.74, 6) is -0.583. The highest BCUT2D eigenvalue weighted by molar-refractivity contribution is 5.62. The van der Waals surface area contributed by atoms with E-state index in [1.54, 1.807) is 0 Å². The van der Waals surface area contributed by atoms with E-state index >= 15 is 0 Å². The Kier molecular flexibility index (Phi) is 6.47. The lowest BCUT2D eigenvalue weighted by atomic mass is 9.82. The Bertz CT molecular complexity index is 804. The molecule has 2 aromatic rings. The lowest BCUT2D eigenvalue weighted by molar-refractivity contribution is 0.0487. The number of hydrogen-bond acceptors (Lipinski definition) is 4. The first-order valence-corrected chi connectivity index (χ1v) is 8.92. The van der Waals surface area contributed by atoms with E-state index in [-0.39, 0.29) is 11.5 Å². The number of aryl methyl sites for hydroxylation is 4. The summed E-state index contributed by atoms with van der Waals surface area (Å²) in [4.78, 5) is 0. The van der Waals surface area contributed by atoms with Crippen molar-refractivity contribution >= 4 is 12.2 Å². The lowest BCUT2D eigenvalue weighted by Gasteiger charge is -2.29. The average Bonchev–Trinajstić information content (AvgIpc) is 2.63. The third kappa shape index (κ3) is 4.41. The van der Waals surface area contributed by atoms with Crippen molar-refractivity contribution in [2.75, 3.05) is 13.2 Å². The summed E-state index contributed by atoms with van der Waals surface area (Å²) in [5, 5.41) is 41.4. The summed E-state index contributed by atoms with van der Waals surface area (Å²) < 4.78 is 0. The van der Waals surface area contributed by atoms with E-state index in [9.17, 15) is 20.4 Å². The SMILES string of the molecule is Cc1ccc(C)c(C=C(O)C(CO)(CO)C(O)=Cc2cc(C)ccc2C)c1. The van der Waals surface area contributed by atoms with E-state index in [1.165, 1.54) is 12.2 Å². The molecule has 0 unspecified atom stereocenters. The van der Waals surface area contributed by atoms with E-state index in [1.807, 2.05) is 64.1 Å². The van der Waals surface area contributed by atoms with Gasteiger partial charge in [0.05, 0.1) is 13.2 Å². The number of rotatable bonds is 6. The van der Waals surface area contributed by atoms with Gasteiger partial charge in [-0.05, 0) is 62.1 Å². The van der Waals surface area contributed by atoms with E-state index in [0.29, 0.717) is 0 Å². The molecule has 0 amide bonds. The van der Waals surface area contributed by atoms with Gasteiger partial charge in [0.1, 0.15) is 16.9 Å². The van der Waals surface area contributed by atoms with Gasteiger partial charge in [-0.2, -0.15) is 0 Å². The van der Waals surface area contributed by atoms with Crippen LogP contribution in [0.2, 0.25) is 0 Å². The summed E-state index contributed by atoms with van der Waals surface area (Å²) >= 11 is 0. The van der Waals surface area contributed by atoms with Gasteiger partial charge in [-0.3, -0.25) is 0 Å². The van der Waals surface area contributed by atoms with Gasteiger partial charge < -0.3 is 20.4 Å². The molecule has 0 saturated heterocycles. The molecule has 0 saturated carbocycles. The lowest BCUT2D eigenvalue weighted by Crippen LogP contribution is -2.34. The molecule has 0 bridgehead atoms. The van der Waals surface area contributed by atoms with Crippen LogP contribution in [-0.4, -0.2) is 33.6 Å². The minimum absolute atomic E-state index is 0.291. The highest BCUT2D eigenvalue weighted by Crippen LogP contribution is 2.35. The highest BCUT2D eigenvalue weighted by atomic mass is 16.3. The zero-order valence-electron chi connectivity index (χ0n) is 16.3. The Hall–Kier alpha value is -2.56. The van der Waals surface area contributed by atoms with E-state index < -0.39 is 18.6 Å². The second-order valence-electron chi connectivity index (χ2n) is 7.18. The van der Waals surface area contributed by atoms with Crippen molar-refractivity contribution in [1.29, 1.82) is 0 Å². The molecule has 0 aliphatic heterocycles. The Labute approximate surface area is 160 Å². The summed E-state index contributed by atoms with van der Waals surface area (Å²) in [7, 11) is 0. The van der Waals surface area contributed by atoms with Crippen molar-refractivity contribution < 1.29 is 20.4 Å². The third-order valence-electron chi connectivity index (χ3n) is 4.97. The number of aliphatic hydroxyl groups excluding tert-OH is 4. The molecule has 4 nitrogen and oxygen atoms in total. The quantitative estimate of drug-likeness (QED) is 0.570. The predicted molar refractivity (Wildman–Crippen MR) is 110 cm³/mol. The molecule has 0 aliphatic carbocycles. The molecule has 0 radical (unpaired) electrons. The first-order chi connectivity index (χ1) is 12.7. The van der Waals surface area contributed by atoms with Gasteiger partial charge in [-0.25, -0.2) is 0 Å². The van der Waals surface area contributed by atoms with Crippen molar-refractivity contribution in [1.82, 2.24) is 0 Å². The summed E-state index contributed by atoms with van der Waals surface area (Å²) in [6, 6.07) is 11.6. The molecular formula is C23H28O4. The van der Waals surface area contributed by atoms with Gasteiger partial charge in [0.25, 0.3) is 0 Å². The van der Waals surface area contributed by atoms with Crippen LogP contribution < -0.4 is 0 Å². The van der Waals surface area contributed by atoms with Crippen LogP contribution in [0.15, 0.2) is 47.9 Å². The Morgan fingerprint density at radius 2 is 1.11 bits per heavy atom. The van der Waals surface area contributed by atoms with Crippen molar-refractivity contribution in [3.8, 4) is 0 Å². The summed E-state index contributed by atoms with van der Waals surface area (Å²) in [6.07, 6.45) is 2.98. The monoisotopic (exact) mass is 368 g/mol. The molecule has 0 fully saturated rings. The van der Waals surface area contributed by atoms with Crippen molar-refractivity contribution in [2.45, 2.75) is 27.7 Å². The molecule has 2 aromatic carbocycles.